The monoisotopic (exact) mass is 307 g/mol. The van der Waals surface area contributed by atoms with Gasteiger partial charge in [0.15, 0.2) is 0 Å². The molecule has 3 rings (SSSR count). The molecule has 2 aromatic carbocycles. The molecule has 1 aromatic heterocycles. The first kappa shape index (κ1) is 14.8. The van der Waals surface area contributed by atoms with Crippen molar-refractivity contribution in [2.75, 3.05) is 7.05 Å². The zero-order chi connectivity index (χ0) is 16.2. The van der Waals surface area contributed by atoms with E-state index in [1.54, 1.807) is 47.2 Å². The van der Waals surface area contributed by atoms with E-state index in [1.165, 1.54) is 0 Å². The highest BCUT2D eigenvalue weighted by molar-refractivity contribution is 5.92. The van der Waals surface area contributed by atoms with Crippen LogP contribution in [0.15, 0.2) is 67.1 Å². The summed E-state index contributed by atoms with van der Waals surface area (Å²) in [6, 6.07) is 16.6. The number of carbonyl (C=O) groups is 1. The van der Waals surface area contributed by atoms with E-state index in [4.69, 9.17) is 0 Å². The van der Waals surface area contributed by atoms with Crippen LogP contribution in [-0.4, -0.2) is 32.5 Å². The minimum absolute atomic E-state index is 0.158. The quantitative estimate of drug-likeness (QED) is 0.806. The molecule has 116 valence electrons. The van der Waals surface area contributed by atoms with Crippen molar-refractivity contribution >= 4 is 5.91 Å². The van der Waals surface area contributed by atoms with Crippen LogP contribution in [0.25, 0.3) is 5.69 Å². The van der Waals surface area contributed by atoms with Gasteiger partial charge in [-0.2, -0.15) is 0 Å². The number of phenols is 1. The number of aromatic hydroxyl groups is 1. The number of benzene rings is 2. The van der Waals surface area contributed by atoms with Gasteiger partial charge < -0.3 is 10.0 Å². The van der Waals surface area contributed by atoms with E-state index in [-0.39, 0.29) is 11.7 Å². The first-order valence-electron chi connectivity index (χ1n) is 7.27. The van der Waals surface area contributed by atoms with E-state index in [1.807, 2.05) is 36.4 Å². The summed E-state index contributed by atoms with van der Waals surface area (Å²) in [5, 5.41) is 9.85. The number of imidazole rings is 1. The Balaban J connectivity index is 1.84. The third-order valence-corrected chi connectivity index (χ3v) is 3.64. The van der Waals surface area contributed by atoms with Crippen molar-refractivity contribution in [2.24, 2.45) is 0 Å². The summed E-state index contributed by atoms with van der Waals surface area (Å²) in [5.74, 6) is 0.0262. The molecule has 0 saturated heterocycles. The summed E-state index contributed by atoms with van der Waals surface area (Å²) in [6.07, 6.45) is 3.17. The molecule has 23 heavy (non-hydrogen) atoms. The lowest BCUT2D eigenvalue weighted by molar-refractivity contribution is 0.0776. The molecular formula is C18H17N3O2. The molecule has 0 bridgehead atoms. The maximum absolute atomic E-state index is 12.7. The van der Waals surface area contributed by atoms with Gasteiger partial charge in [-0.05, 0) is 18.2 Å². The molecule has 0 aliphatic carbocycles. The van der Waals surface area contributed by atoms with E-state index in [0.29, 0.717) is 17.8 Å². The van der Waals surface area contributed by atoms with Crippen LogP contribution in [0.5, 0.6) is 5.75 Å². The minimum Gasteiger partial charge on any atom is -0.508 e. The largest absolute Gasteiger partial charge is 0.508 e. The van der Waals surface area contributed by atoms with E-state index < -0.39 is 0 Å². The Morgan fingerprint density at radius 2 is 1.83 bits per heavy atom. The number of phenolic OH excluding ortho intramolecular Hbond substituents is 1. The average Bonchev–Trinajstić information content (AvgIpc) is 3.06. The number of carbonyl (C=O) groups excluding carboxylic acids is 1. The van der Waals surface area contributed by atoms with Crippen molar-refractivity contribution in [1.82, 2.24) is 14.5 Å². The van der Waals surface area contributed by atoms with Crippen LogP contribution in [-0.2, 0) is 6.54 Å². The standard InChI is InChI=1S/C18H17N3O2/c1-20(12-14-7-5-6-10-17(14)22)18(23)16-11-19-13-21(16)15-8-3-2-4-9-15/h2-11,13,22H,12H2,1H3. The van der Waals surface area contributed by atoms with Gasteiger partial charge in [0.1, 0.15) is 11.4 Å². The van der Waals surface area contributed by atoms with Gasteiger partial charge in [-0.25, -0.2) is 4.98 Å². The Morgan fingerprint density at radius 3 is 2.57 bits per heavy atom. The van der Waals surface area contributed by atoms with Crippen LogP contribution in [0.1, 0.15) is 16.1 Å². The molecule has 0 unspecified atom stereocenters. The van der Waals surface area contributed by atoms with Crippen LogP contribution in [0.2, 0.25) is 0 Å². The van der Waals surface area contributed by atoms with Gasteiger partial charge in [0.25, 0.3) is 5.91 Å². The van der Waals surface area contributed by atoms with Crippen LogP contribution in [0.3, 0.4) is 0 Å². The molecule has 0 saturated carbocycles. The van der Waals surface area contributed by atoms with E-state index in [0.717, 1.165) is 5.69 Å². The summed E-state index contributed by atoms with van der Waals surface area (Å²) < 4.78 is 1.75. The number of aromatic nitrogens is 2. The maximum Gasteiger partial charge on any atom is 0.272 e. The molecule has 1 heterocycles. The normalized spacial score (nSPS) is 10.5. The van der Waals surface area contributed by atoms with Gasteiger partial charge in [0.05, 0.1) is 12.5 Å². The van der Waals surface area contributed by atoms with Gasteiger partial charge in [0, 0.05) is 24.8 Å². The number of hydrogen-bond acceptors (Lipinski definition) is 3. The Kier molecular flexibility index (Phi) is 4.10. The van der Waals surface area contributed by atoms with Crippen molar-refractivity contribution in [3.8, 4) is 11.4 Å². The zero-order valence-electron chi connectivity index (χ0n) is 12.8. The molecule has 0 aliphatic heterocycles. The van der Waals surface area contributed by atoms with Crippen molar-refractivity contribution < 1.29 is 9.90 Å². The highest BCUT2D eigenvalue weighted by atomic mass is 16.3. The van der Waals surface area contributed by atoms with Crippen LogP contribution >= 0.6 is 0 Å². The highest BCUT2D eigenvalue weighted by Gasteiger charge is 2.18. The van der Waals surface area contributed by atoms with Crippen molar-refractivity contribution in [1.29, 1.82) is 0 Å². The Bertz CT molecular complexity index is 812. The second kappa shape index (κ2) is 6.36. The van der Waals surface area contributed by atoms with Gasteiger partial charge in [-0.15, -0.1) is 0 Å². The minimum atomic E-state index is -0.158. The number of rotatable bonds is 4. The first-order valence-corrected chi connectivity index (χ1v) is 7.27. The average molecular weight is 307 g/mol. The molecule has 1 N–H and O–H groups in total. The molecule has 0 fully saturated rings. The fourth-order valence-electron chi connectivity index (χ4n) is 2.42. The Labute approximate surface area is 134 Å². The number of hydrogen-bond donors (Lipinski definition) is 1. The molecule has 0 radical (unpaired) electrons. The molecule has 0 spiro atoms. The van der Waals surface area contributed by atoms with Crippen LogP contribution in [0, 0.1) is 0 Å². The number of para-hydroxylation sites is 2. The fourth-order valence-corrected chi connectivity index (χ4v) is 2.42. The number of nitrogens with zero attached hydrogens (tertiary/aromatic N) is 3. The second-order valence-corrected chi connectivity index (χ2v) is 5.27. The lowest BCUT2D eigenvalue weighted by Crippen LogP contribution is -2.28. The van der Waals surface area contributed by atoms with Gasteiger partial charge in [-0.3, -0.25) is 9.36 Å². The van der Waals surface area contributed by atoms with Crippen molar-refractivity contribution in [3.63, 3.8) is 0 Å². The molecular weight excluding hydrogens is 290 g/mol. The lowest BCUT2D eigenvalue weighted by Gasteiger charge is -2.18. The molecule has 5 nitrogen and oxygen atoms in total. The summed E-state index contributed by atoms with van der Waals surface area (Å²) in [4.78, 5) is 18.4. The molecule has 0 atom stereocenters. The molecule has 0 aliphatic rings. The summed E-state index contributed by atoms with van der Waals surface area (Å²) in [7, 11) is 1.71. The summed E-state index contributed by atoms with van der Waals surface area (Å²) in [6.45, 7) is 0.325. The lowest BCUT2D eigenvalue weighted by atomic mass is 10.2. The fraction of sp³-hybridized carbons (Fsp3) is 0.111. The third kappa shape index (κ3) is 3.08. The third-order valence-electron chi connectivity index (χ3n) is 3.64. The predicted molar refractivity (Wildman–Crippen MR) is 87.5 cm³/mol. The van der Waals surface area contributed by atoms with Crippen molar-refractivity contribution in [2.45, 2.75) is 6.54 Å². The highest BCUT2D eigenvalue weighted by Crippen LogP contribution is 2.19. The Hall–Kier alpha value is -3.08. The SMILES string of the molecule is CN(Cc1ccccc1O)C(=O)c1cncn1-c1ccccc1. The predicted octanol–water partition coefficient (Wildman–Crippen LogP) is 2.85. The molecule has 5 heteroatoms. The van der Waals surface area contributed by atoms with Gasteiger partial charge in [0.2, 0.25) is 0 Å². The zero-order valence-corrected chi connectivity index (χ0v) is 12.8. The number of amides is 1. The maximum atomic E-state index is 12.7. The van der Waals surface area contributed by atoms with E-state index in [2.05, 4.69) is 4.98 Å². The topological polar surface area (TPSA) is 58.4 Å². The first-order chi connectivity index (χ1) is 11.2. The van der Waals surface area contributed by atoms with E-state index >= 15 is 0 Å². The van der Waals surface area contributed by atoms with Gasteiger partial charge in [-0.1, -0.05) is 36.4 Å². The summed E-state index contributed by atoms with van der Waals surface area (Å²) in [5.41, 5.74) is 2.06. The van der Waals surface area contributed by atoms with Crippen LogP contribution in [0.4, 0.5) is 0 Å². The molecule has 1 amide bonds. The second-order valence-electron chi connectivity index (χ2n) is 5.27. The Morgan fingerprint density at radius 1 is 1.13 bits per heavy atom. The van der Waals surface area contributed by atoms with Crippen molar-refractivity contribution in [3.05, 3.63) is 78.4 Å². The summed E-state index contributed by atoms with van der Waals surface area (Å²) >= 11 is 0. The molecule has 3 aromatic rings. The smallest absolute Gasteiger partial charge is 0.272 e. The van der Waals surface area contributed by atoms with E-state index in [9.17, 15) is 9.90 Å². The van der Waals surface area contributed by atoms with Crippen LogP contribution < -0.4 is 0 Å². The van der Waals surface area contributed by atoms with Gasteiger partial charge >= 0.3 is 0 Å².